The lowest BCUT2D eigenvalue weighted by Gasteiger charge is -2.28. The zero-order valence-corrected chi connectivity index (χ0v) is 17.5. The van der Waals surface area contributed by atoms with E-state index in [4.69, 9.17) is 4.74 Å². The molecular weight excluding hydrogens is 444 g/mol. The SMILES string of the molecule is COc1nnc(Nc2nc(N3CCC(F)CC3)ncc2F)cc1-c1ccc(OC(F)F)cc1. The van der Waals surface area contributed by atoms with Crippen LogP contribution in [0.15, 0.2) is 36.5 Å². The predicted molar refractivity (Wildman–Crippen MR) is 112 cm³/mol. The smallest absolute Gasteiger partial charge is 0.387 e. The minimum absolute atomic E-state index is 0.000426. The topological polar surface area (TPSA) is 85.3 Å². The summed E-state index contributed by atoms with van der Waals surface area (Å²) in [6, 6.07) is 7.43. The molecule has 3 heterocycles. The Morgan fingerprint density at radius 2 is 1.85 bits per heavy atom. The second-order valence-corrected chi connectivity index (χ2v) is 7.21. The number of rotatable bonds is 7. The zero-order valence-electron chi connectivity index (χ0n) is 17.5. The van der Waals surface area contributed by atoms with Gasteiger partial charge in [0, 0.05) is 18.7 Å². The maximum atomic E-state index is 14.4. The van der Waals surface area contributed by atoms with E-state index in [1.165, 1.54) is 19.2 Å². The molecule has 2 aromatic heterocycles. The summed E-state index contributed by atoms with van der Waals surface area (Å²) in [5.41, 5.74) is 1.07. The lowest BCUT2D eigenvalue weighted by Crippen LogP contribution is -2.35. The Morgan fingerprint density at radius 1 is 1.12 bits per heavy atom. The van der Waals surface area contributed by atoms with Crippen LogP contribution in [0.4, 0.5) is 35.1 Å². The Bertz CT molecular complexity index is 1090. The maximum absolute atomic E-state index is 14.4. The summed E-state index contributed by atoms with van der Waals surface area (Å²) in [5.74, 6) is -0.186. The molecule has 3 aromatic rings. The summed E-state index contributed by atoms with van der Waals surface area (Å²) in [4.78, 5) is 10.0. The average Bonchev–Trinajstić information content (AvgIpc) is 2.81. The van der Waals surface area contributed by atoms with Crippen LogP contribution in [-0.2, 0) is 0 Å². The van der Waals surface area contributed by atoms with E-state index in [0.717, 1.165) is 6.20 Å². The first-order chi connectivity index (χ1) is 15.9. The molecule has 0 aliphatic carbocycles. The number of hydrogen-bond acceptors (Lipinski definition) is 8. The second kappa shape index (κ2) is 9.84. The summed E-state index contributed by atoms with van der Waals surface area (Å²) in [5, 5.41) is 10.7. The Hall–Kier alpha value is -3.70. The number of alkyl halides is 3. The summed E-state index contributed by atoms with van der Waals surface area (Å²) in [7, 11) is 1.41. The van der Waals surface area contributed by atoms with E-state index in [9.17, 15) is 17.6 Å². The van der Waals surface area contributed by atoms with Gasteiger partial charge in [-0.3, -0.25) is 0 Å². The molecule has 12 heteroatoms. The summed E-state index contributed by atoms with van der Waals surface area (Å²) < 4.78 is 62.2. The number of ether oxygens (including phenoxy) is 2. The van der Waals surface area contributed by atoms with Crippen LogP contribution in [0, 0.1) is 5.82 Å². The largest absolute Gasteiger partial charge is 0.479 e. The minimum atomic E-state index is -2.93. The quantitative estimate of drug-likeness (QED) is 0.516. The molecular formula is C21H20F4N6O2. The van der Waals surface area contributed by atoms with Crippen LogP contribution in [0.1, 0.15) is 12.8 Å². The first kappa shape index (κ1) is 22.5. The lowest BCUT2D eigenvalue weighted by molar-refractivity contribution is -0.0498. The maximum Gasteiger partial charge on any atom is 0.387 e. The number of hydrogen-bond donors (Lipinski definition) is 1. The van der Waals surface area contributed by atoms with E-state index in [1.54, 1.807) is 23.1 Å². The van der Waals surface area contributed by atoms with Crippen molar-refractivity contribution < 1.29 is 27.0 Å². The third-order valence-electron chi connectivity index (χ3n) is 5.03. The van der Waals surface area contributed by atoms with Gasteiger partial charge in [0.1, 0.15) is 11.9 Å². The molecule has 1 aliphatic heterocycles. The number of nitrogens with one attached hydrogen (secondary N) is 1. The van der Waals surface area contributed by atoms with Crippen LogP contribution in [-0.4, -0.2) is 53.1 Å². The van der Waals surface area contributed by atoms with Crippen molar-refractivity contribution in [1.29, 1.82) is 0 Å². The normalized spacial score (nSPS) is 14.4. The van der Waals surface area contributed by atoms with Gasteiger partial charge in [0.05, 0.1) is 13.3 Å². The van der Waals surface area contributed by atoms with Crippen LogP contribution >= 0.6 is 0 Å². The molecule has 0 amide bonds. The van der Waals surface area contributed by atoms with Crippen LogP contribution in [0.25, 0.3) is 11.1 Å². The molecule has 1 saturated heterocycles. The number of halogens is 4. The molecule has 0 radical (unpaired) electrons. The van der Waals surface area contributed by atoms with Crippen LogP contribution < -0.4 is 19.7 Å². The van der Waals surface area contributed by atoms with E-state index in [0.29, 0.717) is 37.1 Å². The Kier molecular flexibility index (Phi) is 6.71. The molecule has 1 aliphatic rings. The predicted octanol–water partition coefficient (Wildman–Crippen LogP) is 4.36. The highest BCUT2D eigenvalue weighted by Gasteiger charge is 2.22. The standard InChI is InChI=1S/C21H20F4N6O2/c1-32-19-15(12-2-4-14(5-3-12)33-20(24)25)10-17(29-30-19)27-18-16(23)11-26-21(28-18)31-8-6-13(22)7-9-31/h2-5,10-11,13,20H,6-9H2,1H3,(H,26,27,28,29). The summed E-state index contributed by atoms with van der Waals surface area (Å²) >= 11 is 0. The summed E-state index contributed by atoms with van der Waals surface area (Å²) in [6.07, 6.45) is 0.894. The molecule has 1 aromatic carbocycles. The van der Waals surface area contributed by atoms with Crippen LogP contribution in [0.3, 0.4) is 0 Å². The van der Waals surface area contributed by atoms with Gasteiger partial charge in [0.2, 0.25) is 11.8 Å². The summed E-state index contributed by atoms with van der Waals surface area (Å²) in [6.45, 7) is -2.06. The van der Waals surface area contributed by atoms with Crippen molar-refractivity contribution in [1.82, 2.24) is 20.2 Å². The molecule has 174 valence electrons. The molecule has 4 rings (SSSR count). The molecule has 0 unspecified atom stereocenters. The molecule has 8 nitrogen and oxygen atoms in total. The van der Waals surface area contributed by atoms with Gasteiger partial charge < -0.3 is 19.7 Å². The van der Waals surface area contributed by atoms with Gasteiger partial charge >= 0.3 is 6.61 Å². The van der Waals surface area contributed by atoms with Crippen molar-refractivity contribution >= 4 is 17.6 Å². The Labute approximate surface area is 186 Å². The number of nitrogens with zero attached hydrogens (tertiary/aromatic N) is 5. The molecule has 1 fully saturated rings. The Morgan fingerprint density at radius 3 is 2.52 bits per heavy atom. The highest BCUT2D eigenvalue weighted by atomic mass is 19.3. The fourth-order valence-corrected chi connectivity index (χ4v) is 3.38. The van der Waals surface area contributed by atoms with E-state index >= 15 is 0 Å². The average molecular weight is 464 g/mol. The number of benzene rings is 1. The molecule has 0 bridgehead atoms. The number of anilines is 3. The van der Waals surface area contributed by atoms with Gasteiger partial charge in [-0.15, -0.1) is 10.2 Å². The Balaban J connectivity index is 1.58. The fraction of sp³-hybridized carbons (Fsp3) is 0.333. The molecule has 1 N–H and O–H groups in total. The van der Waals surface area contributed by atoms with Crippen molar-refractivity contribution in [3.05, 3.63) is 42.3 Å². The first-order valence-corrected chi connectivity index (χ1v) is 10.1. The number of aromatic nitrogens is 4. The lowest BCUT2D eigenvalue weighted by atomic mass is 10.1. The first-order valence-electron chi connectivity index (χ1n) is 10.1. The van der Waals surface area contributed by atoms with Gasteiger partial charge in [-0.25, -0.2) is 13.8 Å². The van der Waals surface area contributed by atoms with Gasteiger partial charge in [-0.1, -0.05) is 12.1 Å². The van der Waals surface area contributed by atoms with E-state index in [2.05, 4.69) is 30.2 Å². The number of piperidine rings is 1. The zero-order chi connectivity index (χ0) is 23.4. The van der Waals surface area contributed by atoms with Crippen molar-refractivity contribution in [2.45, 2.75) is 25.6 Å². The second-order valence-electron chi connectivity index (χ2n) is 7.21. The highest BCUT2D eigenvalue weighted by Crippen LogP contribution is 2.32. The van der Waals surface area contributed by atoms with Crippen molar-refractivity contribution in [3.63, 3.8) is 0 Å². The minimum Gasteiger partial charge on any atom is -0.479 e. The molecule has 0 saturated carbocycles. The van der Waals surface area contributed by atoms with Crippen molar-refractivity contribution in [2.24, 2.45) is 0 Å². The van der Waals surface area contributed by atoms with Crippen LogP contribution in [0.2, 0.25) is 0 Å². The third-order valence-corrected chi connectivity index (χ3v) is 5.03. The van der Waals surface area contributed by atoms with Crippen LogP contribution in [0.5, 0.6) is 11.6 Å². The molecule has 0 spiro atoms. The van der Waals surface area contributed by atoms with Crippen molar-refractivity contribution in [2.75, 3.05) is 30.4 Å². The van der Waals surface area contributed by atoms with E-state index in [-0.39, 0.29) is 29.2 Å². The highest BCUT2D eigenvalue weighted by molar-refractivity contribution is 5.72. The number of methoxy groups -OCH3 is 1. The van der Waals surface area contributed by atoms with Crippen molar-refractivity contribution in [3.8, 4) is 22.8 Å². The monoisotopic (exact) mass is 464 g/mol. The third kappa shape index (κ3) is 5.38. The van der Waals surface area contributed by atoms with Gasteiger partial charge in [-0.05, 0) is 36.6 Å². The molecule has 33 heavy (non-hydrogen) atoms. The van der Waals surface area contributed by atoms with E-state index in [1.807, 2.05) is 0 Å². The molecule has 0 atom stereocenters. The van der Waals surface area contributed by atoms with Gasteiger partial charge in [0.15, 0.2) is 17.5 Å². The van der Waals surface area contributed by atoms with Gasteiger partial charge in [0.25, 0.3) is 0 Å². The van der Waals surface area contributed by atoms with E-state index < -0.39 is 18.6 Å². The fourth-order valence-electron chi connectivity index (χ4n) is 3.38. The van der Waals surface area contributed by atoms with Gasteiger partial charge in [-0.2, -0.15) is 13.8 Å².